The van der Waals surface area contributed by atoms with Crippen LogP contribution >= 0.6 is 15.9 Å². The summed E-state index contributed by atoms with van der Waals surface area (Å²) in [5, 5.41) is 0. The number of alkyl halides is 1. The van der Waals surface area contributed by atoms with E-state index >= 15 is 0 Å². The van der Waals surface area contributed by atoms with E-state index in [1.165, 1.54) is 0 Å². The van der Waals surface area contributed by atoms with E-state index in [4.69, 9.17) is 0 Å². The molecule has 1 atom stereocenters. The van der Waals surface area contributed by atoms with E-state index in [1.54, 1.807) is 11.8 Å². The maximum atomic E-state index is 11.9. The van der Waals surface area contributed by atoms with Gasteiger partial charge in [-0.1, -0.05) is 15.9 Å². The van der Waals surface area contributed by atoms with Crippen LogP contribution in [-0.2, 0) is 16.0 Å². The summed E-state index contributed by atoms with van der Waals surface area (Å²) in [6, 6.07) is 5.93. The number of amides is 2. The molecule has 0 aliphatic carbocycles. The lowest BCUT2D eigenvalue weighted by atomic mass is 10.1. The fourth-order valence-corrected chi connectivity index (χ4v) is 3.36. The van der Waals surface area contributed by atoms with Gasteiger partial charge in [-0.3, -0.25) is 9.59 Å². The van der Waals surface area contributed by atoms with Gasteiger partial charge in [0.1, 0.15) is 0 Å². The Morgan fingerprint density at radius 3 is 2.84 bits per heavy atom. The van der Waals surface area contributed by atoms with Crippen molar-refractivity contribution in [2.45, 2.75) is 24.6 Å². The number of carbonyl (C=O) groups excluding carboxylic acids is 2. The smallest absolute Gasteiger partial charge is 0.228 e. The Labute approximate surface area is 120 Å². The Hall–Kier alpha value is -1.36. The highest BCUT2D eigenvalue weighted by Crippen LogP contribution is 2.33. The first kappa shape index (κ1) is 12.7. The van der Waals surface area contributed by atoms with Gasteiger partial charge in [0.2, 0.25) is 11.8 Å². The molecule has 3 rings (SSSR count). The summed E-state index contributed by atoms with van der Waals surface area (Å²) in [5.41, 5.74) is 3.08. The second-order valence-corrected chi connectivity index (χ2v) is 6.33. The molecule has 19 heavy (non-hydrogen) atoms. The van der Waals surface area contributed by atoms with Crippen molar-refractivity contribution < 1.29 is 9.59 Å². The summed E-state index contributed by atoms with van der Waals surface area (Å²) in [7, 11) is 0. The minimum atomic E-state index is 0.0734. The number of halogens is 1. The predicted octanol–water partition coefficient (Wildman–Crippen LogP) is 2.10. The van der Waals surface area contributed by atoms with Gasteiger partial charge >= 0.3 is 0 Å². The van der Waals surface area contributed by atoms with Gasteiger partial charge in [0.05, 0.1) is 0 Å². The van der Waals surface area contributed by atoms with Gasteiger partial charge in [0.15, 0.2) is 0 Å². The quantitative estimate of drug-likeness (QED) is 0.743. The van der Waals surface area contributed by atoms with E-state index in [9.17, 15) is 9.59 Å². The topological polar surface area (TPSA) is 40.6 Å². The molecule has 100 valence electrons. The Balaban J connectivity index is 1.91. The first-order chi connectivity index (χ1) is 9.06. The summed E-state index contributed by atoms with van der Waals surface area (Å²) in [4.78, 5) is 27.2. The van der Waals surface area contributed by atoms with Crippen molar-refractivity contribution in [3.8, 4) is 0 Å². The fraction of sp³-hybridized carbons (Fsp3) is 0.429. The van der Waals surface area contributed by atoms with Crippen molar-refractivity contribution >= 4 is 39.1 Å². The fourth-order valence-electron chi connectivity index (χ4n) is 2.80. The molecule has 1 unspecified atom stereocenters. The van der Waals surface area contributed by atoms with Crippen LogP contribution in [0.3, 0.4) is 0 Å². The average molecular weight is 323 g/mol. The zero-order valence-corrected chi connectivity index (χ0v) is 12.3. The van der Waals surface area contributed by atoms with Crippen LogP contribution in [0.4, 0.5) is 11.4 Å². The number of hydrogen-bond acceptors (Lipinski definition) is 2. The molecular weight excluding hydrogens is 308 g/mol. The number of carbonyl (C=O) groups is 2. The highest BCUT2D eigenvalue weighted by Gasteiger charge is 2.30. The molecule has 1 aromatic carbocycles. The lowest BCUT2D eigenvalue weighted by molar-refractivity contribution is -0.117. The highest BCUT2D eigenvalue weighted by molar-refractivity contribution is 9.09. The molecule has 2 aliphatic rings. The van der Waals surface area contributed by atoms with E-state index in [1.807, 2.05) is 23.1 Å². The van der Waals surface area contributed by atoms with Crippen molar-refractivity contribution in [1.82, 2.24) is 0 Å². The van der Waals surface area contributed by atoms with Crippen LogP contribution in [0.15, 0.2) is 18.2 Å². The van der Waals surface area contributed by atoms with E-state index in [0.29, 0.717) is 13.0 Å². The van der Waals surface area contributed by atoms with Crippen LogP contribution in [0.2, 0.25) is 0 Å². The summed E-state index contributed by atoms with van der Waals surface area (Å²) >= 11 is 3.49. The van der Waals surface area contributed by atoms with Crippen molar-refractivity contribution in [2.24, 2.45) is 0 Å². The summed E-state index contributed by atoms with van der Waals surface area (Å²) in [5.74, 6) is 0.229. The van der Waals surface area contributed by atoms with Gasteiger partial charge < -0.3 is 9.80 Å². The van der Waals surface area contributed by atoms with Gasteiger partial charge in [-0.15, -0.1) is 0 Å². The average Bonchev–Trinajstić information content (AvgIpc) is 2.91. The zero-order valence-electron chi connectivity index (χ0n) is 10.7. The summed E-state index contributed by atoms with van der Waals surface area (Å²) in [6.07, 6.45) is 1.42. The number of fused-ring (bicyclic) bond motifs is 1. The number of benzene rings is 1. The second-order valence-electron chi connectivity index (χ2n) is 5.04. The zero-order chi connectivity index (χ0) is 13.6. The van der Waals surface area contributed by atoms with Gasteiger partial charge in [-0.2, -0.15) is 0 Å². The largest absolute Gasteiger partial charge is 0.312 e. The minimum Gasteiger partial charge on any atom is -0.312 e. The van der Waals surface area contributed by atoms with Crippen molar-refractivity contribution in [3.05, 3.63) is 23.8 Å². The molecule has 1 fully saturated rings. The Bertz CT molecular complexity index is 558. The Kier molecular flexibility index (Phi) is 3.09. The first-order valence-electron chi connectivity index (χ1n) is 6.41. The van der Waals surface area contributed by atoms with Crippen molar-refractivity contribution in [1.29, 1.82) is 0 Å². The van der Waals surface area contributed by atoms with Crippen molar-refractivity contribution in [3.63, 3.8) is 0 Å². The molecule has 2 amide bonds. The molecule has 1 aromatic rings. The molecule has 0 saturated carbocycles. The third-order valence-corrected chi connectivity index (χ3v) is 4.34. The Morgan fingerprint density at radius 2 is 2.21 bits per heavy atom. The molecule has 1 saturated heterocycles. The monoisotopic (exact) mass is 322 g/mol. The van der Waals surface area contributed by atoms with E-state index in [2.05, 4.69) is 15.9 Å². The number of hydrogen-bond donors (Lipinski definition) is 0. The SMILES string of the molecule is CC(=O)N1CCc2cc(N3CC(Br)CC3=O)ccc21. The summed E-state index contributed by atoms with van der Waals surface area (Å²) in [6.45, 7) is 3.04. The van der Waals surface area contributed by atoms with Crippen LogP contribution < -0.4 is 9.80 Å². The second kappa shape index (κ2) is 4.63. The third kappa shape index (κ3) is 2.16. The number of rotatable bonds is 1. The normalized spacial score (nSPS) is 22.0. The Morgan fingerprint density at radius 1 is 1.42 bits per heavy atom. The van der Waals surface area contributed by atoms with Crippen LogP contribution in [0.1, 0.15) is 18.9 Å². The maximum absolute atomic E-state index is 11.9. The molecule has 0 radical (unpaired) electrons. The summed E-state index contributed by atoms with van der Waals surface area (Å²) < 4.78 is 0. The van der Waals surface area contributed by atoms with E-state index < -0.39 is 0 Å². The lowest BCUT2D eigenvalue weighted by Crippen LogP contribution is -2.26. The molecule has 0 N–H and O–H groups in total. The standard InChI is InChI=1S/C14H15BrN2O2/c1-9(18)16-5-4-10-6-12(2-3-13(10)16)17-8-11(15)7-14(17)19/h2-3,6,11H,4-5,7-8H2,1H3. The predicted molar refractivity (Wildman–Crippen MR) is 77.9 cm³/mol. The molecule has 0 aromatic heterocycles. The first-order valence-corrected chi connectivity index (χ1v) is 7.33. The lowest BCUT2D eigenvalue weighted by Gasteiger charge is -2.19. The third-order valence-electron chi connectivity index (χ3n) is 3.73. The van der Waals surface area contributed by atoms with Crippen molar-refractivity contribution in [2.75, 3.05) is 22.9 Å². The highest BCUT2D eigenvalue weighted by atomic mass is 79.9. The number of anilines is 2. The minimum absolute atomic E-state index is 0.0734. The van der Waals surface area contributed by atoms with Crippen LogP contribution in [-0.4, -0.2) is 29.7 Å². The molecule has 5 heteroatoms. The molecule has 2 aliphatic heterocycles. The maximum Gasteiger partial charge on any atom is 0.228 e. The van der Waals surface area contributed by atoms with Gasteiger partial charge in [0, 0.05) is 42.6 Å². The van der Waals surface area contributed by atoms with Crippen LogP contribution in [0, 0.1) is 0 Å². The van der Waals surface area contributed by atoms with Gasteiger partial charge in [-0.25, -0.2) is 0 Å². The van der Waals surface area contributed by atoms with Crippen LogP contribution in [0.5, 0.6) is 0 Å². The molecular formula is C14H15BrN2O2. The van der Waals surface area contributed by atoms with Crippen LogP contribution in [0.25, 0.3) is 0 Å². The van der Waals surface area contributed by atoms with Gasteiger partial charge in [0.25, 0.3) is 0 Å². The molecule has 4 nitrogen and oxygen atoms in total. The van der Waals surface area contributed by atoms with E-state index in [-0.39, 0.29) is 16.6 Å². The van der Waals surface area contributed by atoms with Gasteiger partial charge in [-0.05, 0) is 30.2 Å². The molecule has 2 heterocycles. The molecule has 0 bridgehead atoms. The molecule has 0 spiro atoms. The van der Waals surface area contributed by atoms with E-state index in [0.717, 1.165) is 29.9 Å². The number of nitrogens with zero attached hydrogens (tertiary/aromatic N) is 2.